The van der Waals surface area contributed by atoms with Gasteiger partial charge in [-0.05, 0) is 25.2 Å². The molecule has 2 nitrogen and oxygen atoms in total. The first kappa shape index (κ1) is 9.01. The normalized spacial score (nSPS) is 26.5. The Morgan fingerprint density at radius 2 is 1.82 bits per heavy atom. The van der Waals surface area contributed by atoms with Crippen molar-refractivity contribution in [3.63, 3.8) is 0 Å². The lowest BCUT2D eigenvalue weighted by molar-refractivity contribution is -0.300. The molecule has 0 aromatic heterocycles. The zero-order valence-corrected chi connectivity index (χ0v) is 7.47. The summed E-state index contributed by atoms with van der Waals surface area (Å²) in [7, 11) is 0. The van der Waals surface area contributed by atoms with Crippen LogP contribution in [0.25, 0.3) is 0 Å². The van der Waals surface area contributed by atoms with Crippen LogP contribution < -0.4 is 0 Å². The van der Waals surface area contributed by atoms with Gasteiger partial charge in [0.15, 0.2) is 0 Å². The number of rotatable bonds is 2. The first-order valence-electron chi connectivity index (χ1n) is 4.49. The molecule has 11 heavy (non-hydrogen) atoms. The summed E-state index contributed by atoms with van der Waals surface area (Å²) in [6, 6.07) is 0. The van der Waals surface area contributed by atoms with Crippen LogP contribution in [0.4, 0.5) is 0 Å². The van der Waals surface area contributed by atoms with Gasteiger partial charge in [0, 0.05) is 0 Å². The van der Waals surface area contributed by atoms with Crippen LogP contribution in [0.3, 0.4) is 0 Å². The highest BCUT2D eigenvalue weighted by Gasteiger charge is 2.33. The molecule has 0 bridgehead atoms. The second kappa shape index (κ2) is 3.55. The van der Waals surface area contributed by atoms with Crippen molar-refractivity contribution in [2.45, 2.75) is 52.1 Å². The van der Waals surface area contributed by atoms with E-state index in [4.69, 9.17) is 5.26 Å². The fourth-order valence-electron chi connectivity index (χ4n) is 1.89. The van der Waals surface area contributed by atoms with Gasteiger partial charge in [-0.2, -0.15) is 0 Å². The molecular weight excluding hydrogens is 140 g/mol. The maximum absolute atomic E-state index is 8.55. The smallest absolute Gasteiger partial charge is 0.0952 e. The summed E-state index contributed by atoms with van der Waals surface area (Å²) in [5, 5.41) is 8.55. The van der Waals surface area contributed by atoms with Crippen molar-refractivity contribution in [2.24, 2.45) is 5.41 Å². The minimum Gasteiger partial charge on any atom is -0.252 e. The van der Waals surface area contributed by atoms with Crippen LogP contribution in [-0.2, 0) is 4.89 Å². The van der Waals surface area contributed by atoms with E-state index in [0.717, 1.165) is 0 Å². The van der Waals surface area contributed by atoms with Gasteiger partial charge in [0.05, 0.1) is 6.10 Å². The van der Waals surface area contributed by atoms with Crippen LogP contribution in [0, 0.1) is 5.41 Å². The van der Waals surface area contributed by atoms with E-state index in [0.29, 0.717) is 0 Å². The minimum absolute atomic E-state index is 0.0113. The van der Waals surface area contributed by atoms with Crippen molar-refractivity contribution in [1.29, 1.82) is 0 Å². The van der Waals surface area contributed by atoms with Gasteiger partial charge in [0.2, 0.25) is 0 Å². The van der Waals surface area contributed by atoms with Crippen LogP contribution in [-0.4, -0.2) is 11.4 Å². The third-order valence-corrected chi connectivity index (χ3v) is 3.14. The van der Waals surface area contributed by atoms with Crippen molar-refractivity contribution >= 4 is 0 Å². The molecule has 1 atom stereocenters. The van der Waals surface area contributed by atoms with Crippen molar-refractivity contribution in [3.8, 4) is 0 Å². The second-order valence-corrected chi connectivity index (χ2v) is 3.96. The van der Waals surface area contributed by atoms with E-state index in [1.165, 1.54) is 32.1 Å². The topological polar surface area (TPSA) is 29.5 Å². The van der Waals surface area contributed by atoms with Crippen molar-refractivity contribution in [2.75, 3.05) is 0 Å². The van der Waals surface area contributed by atoms with Crippen molar-refractivity contribution < 1.29 is 10.1 Å². The predicted octanol–water partition coefficient (Wildman–Crippen LogP) is 2.83. The lowest BCUT2D eigenvalue weighted by Crippen LogP contribution is -2.33. The SMILES string of the molecule is CC(OO)C1(C)CCCCC1. The van der Waals surface area contributed by atoms with E-state index in [1.807, 2.05) is 6.92 Å². The highest BCUT2D eigenvalue weighted by molar-refractivity contribution is 4.83. The highest BCUT2D eigenvalue weighted by atomic mass is 17.1. The van der Waals surface area contributed by atoms with Crippen molar-refractivity contribution in [3.05, 3.63) is 0 Å². The van der Waals surface area contributed by atoms with Crippen LogP contribution in [0.5, 0.6) is 0 Å². The van der Waals surface area contributed by atoms with Gasteiger partial charge in [-0.25, -0.2) is 4.89 Å². The van der Waals surface area contributed by atoms with Gasteiger partial charge in [-0.15, -0.1) is 0 Å². The summed E-state index contributed by atoms with van der Waals surface area (Å²) in [5.74, 6) is 0. The Hall–Kier alpha value is -0.0800. The van der Waals surface area contributed by atoms with Crippen LogP contribution >= 0.6 is 0 Å². The molecule has 0 spiro atoms. The maximum atomic E-state index is 8.55. The molecular formula is C9H18O2. The van der Waals surface area contributed by atoms with E-state index in [9.17, 15) is 0 Å². The monoisotopic (exact) mass is 158 g/mol. The first-order chi connectivity index (χ1) is 5.19. The van der Waals surface area contributed by atoms with Gasteiger partial charge in [-0.1, -0.05) is 26.2 Å². The summed E-state index contributed by atoms with van der Waals surface area (Å²) < 4.78 is 0. The zero-order chi connectivity index (χ0) is 8.32. The number of hydrogen-bond acceptors (Lipinski definition) is 2. The average Bonchev–Trinajstić information content (AvgIpc) is 2.04. The molecule has 0 aromatic carbocycles. The molecule has 0 aromatic rings. The predicted molar refractivity (Wildman–Crippen MR) is 44.4 cm³/mol. The van der Waals surface area contributed by atoms with Crippen LogP contribution in [0.2, 0.25) is 0 Å². The molecule has 0 heterocycles. The lowest BCUT2D eigenvalue weighted by atomic mass is 9.72. The van der Waals surface area contributed by atoms with Crippen LogP contribution in [0.1, 0.15) is 46.0 Å². The lowest BCUT2D eigenvalue weighted by Gasteiger charge is -2.36. The van der Waals surface area contributed by atoms with Gasteiger partial charge < -0.3 is 0 Å². The molecule has 2 heteroatoms. The molecule has 1 unspecified atom stereocenters. The molecule has 0 amide bonds. The summed E-state index contributed by atoms with van der Waals surface area (Å²) in [5.41, 5.74) is 0.215. The summed E-state index contributed by atoms with van der Waals surface area (Å²) in [6.07, 6.45) is 6.27. The van der Waals surface area contributed by atoms with E-state index in [-0.39, 0.29) is 11.5 Å². The molecule has 1 saturated carbocycles. The maximum Gasteiger partial charge on any atom is 0.0952 e. The van der Waals surface area contributed by atoms with Gasteiger partial charge in [0.1, 0.15) is 0 Å². The molecule has 1 fully saturated rings. The molecule has 1 aliphatic carbocycles. The van der Waals surface area contributed by atoms with E-state index in [2.05, 4.69) is 11.8 Å². The average molecular weight is 158 g/mol. The Kier molecular flexibility index (Phi) is 2.90. The molecule has 66 valence electrons. The Morgan fingerprint density at radius 3 is 2.27 bits per heavy atom. The molecule has 1 N–H and O–H groups in total. The molecule has 0 aliphatic heterocycles. The summed E-state index contributed by atoms with van der Waals surface area (Å²) >= 11 is 0. The zero-order valence-electron chi connectivity index (χ0n) is 7.47. The van der Waals surface area contributed by atoms with E-state index in [1.54, 1.807) is 0 Å². The second-order valence-electron chi connectivity index (χ2n) is 3.96. The van der Waals surface area contributed by atoms with Gasteiger partial charge >= 0.3 is 0 Å². The molecule has 0 radical (unpaired) electrons. The Balaban J connectivity index is 2.49. The standard InChI is InChI=1S/C9H18O2/c1-8(11-10)9(2)6-4-3-5-7-9/h8,10H,3-7H2,1-2H3. The Labute approximate surface area is 68.5 Å². The largest absolute Gasteiger partial charge is 0.252 e. The number of hydrogen-bond donors (Lipinski definition) is 1. The van der Waals surface area contributed by atoms with Gasteiger partial charge in [0.25, 0.3) is 0 Å². The Morgan fingerprint density at radius 1 is 1.27 bits per heavy atom. The quantitative estimate of drug-likeness (QED) is 0.494. The fraction of sp³-hybridized carbons (Fsp3) is 1.00. The summed E-state index contributed by atoms with van der Waals surface area (Å²) in [4.78, 5) is 4.39. The first-order valence-corrected chi connectivity index (χ1v) is 4.49. The minimum atomic E-state index is -0.0113. The third kappa shape index (κ3) is 1.94. The van der Waals surface area contributed by atoms with Gasteiger partial charge in [-0.3, -0.25) is 5.26 Å². The molecule has 1 rings (SSSR count). The molecule has 0 saturated heterocycles. The van der Waals surface area contributed by atoms with E-state index < -0.39 is 0 Å². The Bertz CT molecular complexity index is 117. The highest BCUT2D eigenvalue weighted by Crippen LogP contribution is 2.39. The molecule has 1 aliphatic rings. The van der Waals surface area contributed by atoms with E-state index >= 15 is 0 Å². The third-order valence-electron chi connectivity index (χ3n) is 3.14. The fourth-order valence-corrected chi connectivity index (χ4v) is 1.89. The van der Waals surface area contributed by atoms with Crippen LogP contribution in [0.15, 0.2) is 0 Å². The van der Waals surface area contributed by atoms with Crippen molar-refractivity contribution in [1.82, 2.24) is 0 Å². The summed E-state index contributed by atoms with van der Waals surface area (Å²) in [6.45, 7) is 4.15.